The molecule has 2 fully saturated rings. The summed E-state index contributed by atoms with van der Waals surface area (Å²) in [5.74, 6) is -2.56. The van der Waals surface area contributed by atoms with Gasteiger partial charge < -0.3 is 39.2 Å². The monoisotopic (exact) mass is 768 g/mol. The van der Waals surface area contributed by atoms with Crippen molar-refractivity contribution in [2.24, 2.45) is 11.8 Å². The maximum absolute atomic E-state index is 14.2. The summed E-state index contributed by atoms with van der Waals surface area (Å²) in [4.78, 5) is 54.0. The third kappa shape index (κ3) is 8.66. The number of benzene rings is 2. The van der Waals surface area contributed by atoms with Crippen molar-refractivity contribution in [3.8, 4) is 5.75 Å². The SMILES string of the molecule is CC(=O)c1ccc(OC(C)(C)C(=O)O[C@H]2CC(=O)N(C)c3cc(cc(CO)c3Cl)C/C(C)=C/C=C/[C@@H](CO)[C@@]3(O)C[C@H](OC(=O)N3)[C@@H](C)[C@@H]3O[C@@]23C)cc1. The van der Waals surface area contributed by atoms with E-state index in [-0.39, 0.29) is 30.3 Å². The molecule has 0 saturated carbocycles. The summed E-state index contributed by atoms with van der Waals surface area (Å²) < 4.78 is 24.0. The number of rotatable bonds is 7. The van der Waals surface area contributed by atoms with Gasteiger partial charge in [0, 0.05) is 30.9 Å². The normalized spacial score (nSPS) is 30.5. The summed E-state index contributed by atoms with van der Waals surface area (Å²) in [6.45, 7) is 8.95. The van der Waals surface area contributed by atoms with E-state index in [1.807, 2.05) is 6.92 Å². The molecule has 13 nitrogen and oxygen atoms in total. The lowest BCUT2D eigenvalue weighted by atomic mass is 9.81. The molecule has 3 aliphatic rings. The molecular formula is C40H49ClN2O11. The quantitative estimate of drug-likeness (QED) is 0.172. The minimum absolute atomic E-state index is 0.0994. The van der Waals surface area contributed by atoms with Crippen LogP contribution in [0.1, 0.15) is 75.9 Å². The number of aliphatic hydroxyl groups excluding tert-OH is 2. The molecule has 0 spiro atoms. The summed E-state index contributed by atoms with van der Waals surface area (Å²) >= 11 is 6.73. The number of allylic oxidation sites excluding steroid dienone is 3. The number of ether oxygens (including phenoxy) is 4. The average Bonchev–Trinajstić information content (AvgIpc) is 3.81. The Kier molecular flexibility index (Phi) is 12.0. The first-order chi connectivity index (χ1) is 25.3. The Bertz CT molecular complexity index is 1840. The van der Waals surface area contributed by atoms with E-state index in [1.54, 1.807) is 75.5 Å². The van der Waals surface area contributed by atoms with E-state index in [1.165, 1.54) is 25.7 Å². The fraction of sp³-hybridized carbons (Fsp3) is 0.500. The zero-order valence-electron chi connectivity index (χ0n) is 31.6. The predicted octanol–water partition coefficient (Wildman–Crippen LogP) is 4.81. The van der Waals surface area contributed by atoms with E-state index in [4.69, 9.17) is 30.5 Å². The molecule has 5 rings (SSSR count). The second kappa shape index (κ2) is 15.8. The van der Waals surface area contributed by atoms with Gasteiger partial charge >= 0.3 is 12.1 Å². The molecule has 7 atom stereocenters. The first kappa shape index (κ1) is 40.9. The summed E-state index contributed by atoms with van der Waals surface area (Å²) in [7, 11) is 1.54. The van der Waals surface area contributed by atoms with Crippen LogP contribution >= 0.6 is 11.6 Å². The molecule has 2 aromatic carbocycles. The standard InChI is InChI=1S/C40H49ClN2O11/c1-22-9-8-10-28(21-45)40(50)19-31(51-37(49)42-40)23(2)35-39(6,54-35)32(18-33(47)43(7)30-17-25(15-22)16-27(20-44)34(30)41)52-36(48)38(4,5)53-29-13-11-26(12-14-29)24(3)46/h8-14,16-17,23,28,31-32,35,44-45,50H,15,18-21H2,1-7H3,(H,42,49)/b10-8+,22-9+/t23-,28+,31+,32+,35+,39+,40+/m1/s1. The molecule has 4 bridgehead atoms. The largest absolute Gasteiger partial charge is 0.476 e. The number of aliphatic hydroxyl groups is 3. The Labute approximate surface area is 319 Å². The second-order valence-corrected chi connectivity index (χ2v) is 15.5. The Morgan fingerprint density at radius 1 is 1.15 bits per heavy atom. The van der Waals surface area contributed by atoms with Gasteiger partial charge in [-0.3, -0.25) is 14.9 Å². The van der Waals surface area contributed by atoms with Crippen LogP contribution in [0.3, 0.4) is 0 Å². The third-order valence-electron chi connectivity index (χ3n) is 10.5. The number of ketones is 1. The number of halogens is 1. The highest BCUT2D eigenvalue weighted by Gasteiger charge is 2.64. The van der Waals surface area contributed by atoms with Gasteiger partial charge in [-0.25, -0.2) is 9.59 Å². The number of carbonyl (C=O) groups excluding carboxylic acids is 4. The summed E-state index contributed by atoms with van der Waals surface area (Å²) in [6.07, 6.45) is 1.39. The molecular weight excluding hydrogens is 720 g/mol. The average molecular weight is 769 g/mol. The van der Waals surface area contributed by atoms with Crippen molar-refractivity contribution >= 4 is 41.0 Å². The molecule has 292 valence electrons. The molecule has 2 amide bonds. The van der Waals surface area contributed by atoms with E-state index in [0.717, 1.165) is 11.1 Å². The van der Waals surface area contributed by atoms with Crippen LogP contribution in [0.5, 0.6) is 5.75 Å². The van der Waals surface area contributed by atoms with Gasteiger partial charge in [0.15, 0.2) is 17.1 Å². The first-order valence-corrected chi connectivity index (χ1v) is 18.2. The molecule has 0 aromatic heterocycles. The van der Waals surface area contributed by atoms with Gasteiger partial charge in [0.2, 0.25) is 5.91 Å². The van der Waals surface area contributed by atoms with E-state index < -0.39 is 71.7 Å². The van der Waals surface area contributed by atoms with Crippen molar-refractivity contribution in [2.75, 3.05) is 18.6 Å². The summed E-state index contributed by atoms with van der Waals surface area (Å²) in [5.41, 5.74) is -1.84. The van der Waals surface area contributed by atoms with E-state index >= 15 is 0 Å². The minimum Gasteiger partial charge on any atom is -0.476 e. The maximum atomic E-state index is 14.2. The molecule has 4 N–H and O–H groups in total. The molecule has 0 unspecified atom stereocenters. The Morgan fingerprint density at radius 3 is 2.46 bits per heavy atom. The highest BCUT2D eigenvalue weighted by Crippen LogP contribution is 2.49. The number of carbonyl (C=O) groups is 4. The van der Waals surface area contributed by atoms with Crippen molar-refractivity contribution in [2.45, 2.75) is 103 Å². The zero-order chi connectivity index (χ0) is 39.7. The van der Waals surface area contributed by atoms with E-state index in [0.29, 0.717) is 29.0 Å². The van der Waals surface area contributed by atoms with Gasteiger partial charge in [-0.05, 0) is 82.5 Å². The topological polar surface area (TPSA) is 184 Å². The van der Waals surface area contributed by atoms with Crippen LogP contribution in [0.4, 0.5) is 10.5 Å². The van der Waals surface area contributed by atoms with Crippen molar-refractivity contribution in [1.29, 1.82) is 0 Å². The number of hydrogen-bond acceptors (Lipinski definition) is 11. The Balaban J connectivity index is 1.53. The van der Waals surface area contributed by atoms with E-state index in [2.05, 4.69) is 5.32 Å². The zero-order valence-corrected chi connectivity index (χ0v) is 32.3. The van der Waals surface area contributed by atoms with Crippen molar-refractivity contribution in [3.05, 3.63) is 81.9 Å². The lowest BCUT2D eigenvalue weighted by molar-refractivity contribution is -0.169. The molecule has 3 aliphatic heterocycles. The number of alkyl carbamates (subject to hydrolysis) is 1. The summed E-state index contributed by atoms with van der Waals surface area (Å²) in [5, 5.41) is 34.8. The lowest BCUT2D eigenvalue weighted by Crippen LogP contribution is -2.62. The number of amides is 2. The molecule has 2 aromatic rings. The van der Waals surface area contributed by atoms with Crippen LogP contribution < -0.4 is 15.0 Å². The fourth-order valence-corrected chi connectivity index (χ4v) is 7.35. The number of anilines is 1. The Hall–Kier alpha value is -4.27. The molecule has 54 heavy (non-hydrogen) atoms. The second-order valence-electron chi connectivity index (χ2n) is 15.1. The van der Waals surface area contributed by atoms with Crippen molar-refractivity contribution in [1.82, 2.24) is 5.32 Å². The Morgan fingerprint density at radius 2 is 1.83 bits per heavy atom. The predicted molar refractivity (Wildman–Crippen MR) is 199 cm³/mol. The van der Waals surface area contributed by atoms with Gasteiger partial charge in [0.05, 0.1) is 36.4 Å². The smallest absolute Gasteiger partial charge is 0.409 e. The molecule has 0 aliphatic carbocycles. The summed E-state index contributed by atoms with van der Waals surface area (Å²) in [6, 6.07) is 9.80. The lowest BCUT2D eigenvalue weighted by Gasteiger charge is -2.42. The number of epoxide rings is 1. The van der Waals surface area contributed by atoms with Crippen LogP contribution in [-0.2, 0) is 36.8 Å². The molecule has 14 heteroatoms. The van der Waals surface area contributed by atoms with Crippen LogP contribution in [0.25, 0.3) is 0 Å². The number of Topliss-reactive ketones (excluding diaryl/α,β-unsaturated/α-hetero) is 1. The first-order valence-electron chi connectivity index (χ1n) is 17.9. The number of hydrogen-bond donors (Lipinski definition) is 4. The molecule has 2 saturated heterocycles. The third-order valence-corrected chi connectivity index (χ3v) is 11.0. The molecule has 0 radical (unpaired) electrons. The van der Waals surface area contributed by atoms with Crippen LogP contribution in [0, 0.1) is 11.8 Å². The van der Waals surface area contributed by atoms with Gasteiger partial charge in [-0.1, -0.05) is 48.4 Å². The fourth-order valence-electron chi connectivity index (χ4n) is 7.06. The van der Waals surface area contributed by atoms with Gasteiger partial charge in [-0.2, -0.15) is 0 Å². The molecule has 3 heterocycles. The maximum Gasteiger partial charge on any atom is 0.409 e. The van der Waals surface area contributed by atoms with Crippen LogP contribution in [0.2, 0.25) is 5.02 Å². The number of fused-ring (bicyclic) bond motifs is 5. The minimum atomic E-state index is -1.87. The highest BCUT2D eigenvalue weighted by molar-refractivity contribution is 6.34. The van der Waals surface area contributed by atoms with E-state index in [9.17, 15) is 34.5 Å². The van der Waals surface area contributed by atoms with Crippen molar-refractivity contribution < 1.29 is 53.4 Å². The highest BCUT2D eigenvalue weighted by atomic mass is 35.5. The van der Waals surface area contributed by atoms with Gasteiger partial charge in [0.1, 0.15) is 23.6 Å². The van der Waals surface area contributed by atoms with Gasteiger partial charge in [-0.15, -0.1) is 0 Å². The number of nitrogens with one attached hydrogen (secondary N) is 1. The van der Waals surface area contributed by atoms with Crippen LogP contribution in [0.15, 0.2) is 60.2 Å². The number of nitrogens with zero attached hydrogens (tertiary/aromatic N) is 1. The van der Waals surface area contributed by atoms with Crippen LogP contribution in [-0.4, -0.2) is 88.0 Å². The van der Waals surface area contributed by atoms with Gasteiger partial charge in [0.25, 0.3) is 0 Å². The van der Waals surface area contributed by atoms with Crippen molar-refractivity contribution in [3.63, 3.8) is 0 Å². The number of esters is 1.